The molecule has 15 heavy (non-hydrogen) atoms. The summed E-state index contributed by atoms with van der Waals surface area (Å²) in [6, 6.07) is 5.93. The maximum absolute atomic E-state index is 5.85. The average Bonchev–Trinajstić information content (AvgIpc) is 2.39. The second-order valence-electron chi connectivity index (χ2n) is 4.61. The van der Waals surface area contributed by atoms with Crippen LogP contribution < -0.4 is 15.2 Å². The highest BCUT2D eigenvalue weighted by Crippen LogP contribution is 2.41. The maximum atomic E-state index is 5.85. The molecular weight excluding hydrogens is 190 g/mol. The van der Waals surface area contributed by atoms with E-state index in [1.165, 1.54) is 5.56 Å². The van der Waals surface area contributed by atoms with Gasteiger partial charge in [0.05, 0.1) is 0 Å². The van der Waals surface area contributed by atoms with E-state index in [1.807, 2.05) is 12.1 Å². The van der Waals surface area contributed by atoms with Crippen LogP contribution in [0.3, 0.4) is 0 Å². The van der Waals surface area contributed by atoms with Gasteiger partial charge in [0.25, 0.3) is 0 Å². The third kappa shape index (κ3) is 2.07. The average molecular weight is 207 g/mol. The Morgan fingerprint density at radius 1 is 1.47 bits per heavy atom. The summed E-state index contributed by atoms with van der Waals surface area (Å²) in [6.45, 7) is 5.95. The SMILES string of the molecule is CC(N)Oc1cccc2c1OC(C)(C)C2. The molecule has 2 rings (SSSR count). The number of para-hydroxylation sites is 1. The summed E-state index contributed by atoms with van der Waals surface area (Å²) in [6.07, 6.45) is 0.599. The van der Waals surface area contributed by atoms with Crippen molar-refractivity contribution < 1.29 is 9.47 Å². The van der Waals surface area contributed by atoms with Gasteiger partial charge in [-0.05, 0) is 26.8 Å². The van der Waals surface area contributed by atoms with Crippen molar-refractivity contribution in [1.29, 1.82) is 0 Å². The first kappa shape index (κ1) is 10.3. The van der Waals surface area contributed by atoms with E-state index < -0.39 is 0 Å². The molecule has 1 aliphatic heterocycles. The van der Waals surface area contributed by atoms with Crippen LogP contribution in [0, 0.1) is 0 Å². The van der Waals surface area contributed by atoms with Gasteiger partial charge in [-0.3, -0.25) is 5.73 Å². The van der Waals surface area contributed by atoms with Crippen molar-refractivity contribution >= 4 is 0 Å². The Balaban J connectivity index is 2.33. The lowest BCUT2D eigenvalue weighted by molar-refractivity contribution is 0.127. The second-order valence-corrected chi connectivity index (χ2v) is 4.61. The number of fused-ring (bicyclic) bond motifs is 1. The van der Waals surface area contributed by atoms with Crippen LogP contribution >= 0.6 is 0 Å². The van der Waals surface area contributed by atoms with E-state index in [2.05, 4.69) is 19.9 Å². The van der Waals surface area contributed by atoms with Crippen molar-refractivity contribution in [2.75, 3.05) is 0 Å². The molecule has 1 aliphatic rings. The minimum atomic E-state index is -0.316. The number of nitrogens with two attached hydrogens (primary N) is 1. The topological polar surface area (TPSA) is 44.5 Å². The smallest absolute Gasteiger partial charge is 0.165 e. The largest absolute Gasteiger partial charge is 0.483 e. The van der Waals surface area contributed by atoms with Crippen LogP contribution in [0.25, 0.3) is 0 Å². The van der Waals surface area contributed by atoms with Gasteiger partial charge in [0.1, 0.15) is 11.8 Å². The van der Waals surface area contributed by atoms with E-state index in [-0.39, 0.29) is 11.8 Å². The fourth-order valence-corrected chi connectivity index (χ4v) is 1.88. The number of hydrogen-bond donors (Lipinski definition) is 1. The van der Waals surface area contributed by atoms with E-state index in [1.54, 1.807) is 6.92 Å². The van der Waals surface area contributed by atoms with Crippen molar-refractivity contribution in [1.82, 2.24) is 0 Å². The zero-order valence-electron chi connectivity index (χ0n) is 9.41. The standard InChI is InChI=1S/C12H17NO2/c1-8(13)14-10-6-4-5-9-7-12(2,3)15-11(9)10/h4-6,8H,7,13H2,1-3H3. The third-order valence-electron chi connectivity index (χ3n) is 2.37. The Morgan fingerprint density at radius 3 is 2.87 bits per heavy atom. The predicted octanol–water partition coefficient (Wildman–Crippen LogP) is 2.08. The van der Waals surface area contributed by atoms with Crippen LogP contribution in [0.5, 0.6) is 11.5 Å². The molecule has 0 aromatic heterocycles. The van der Waals surface area contributed by atoms with Gasteiger partial charge < -0.3 is 9.47 Å². The minimum Gasteiger partial charge on any atom is -0.483 e. The Hall–Kier alpha value is -1.22. The summed E-state index contributed by atoms with van der Waals surface area (Å²) in [5, 5.41) is 0. The summed E-state index contributed by atoms with van der Waals surface area (Å²) in [5.74, 6) is 1.59. The summed E-state index contributed by atoms with van der Waals surface area (Å²) in [5.41, 5.74) is 6.66. The van der Waals surface area contributed by atoms with Crippen molar-refractivity contribution in [2.45, 2.75) is 39.0 Å². The lowest BCUT2D eigenvalue weighted by atomic mass is 10.0. The third-order valence-corrected chi connectivity index (χ3v) is 2.37. The van der Waals surface area contributed by atoms with Gasteiger partial charge in [-0.1, -0.05) is 12.1 Å². The van der Waals surface area contributed by atoms with Crippen LogP contribution in [0.15, 0.2) is 18.2 Å². The highest BCUT2D eigenvalue weighted by atomic mass is 16.5. The highest BCUT2D eigenvalue weighted by molar-refractivity contribution is 5.50. The number of rotatable bonds is 2. The molecule has 0 saturated heterocycles. The lowest BCUT2D eigenvalue weighted by Gasteiger charge is -2.18. The van der Waals surface area contributed by atoms with Crippen molar-refractivity contribution in [3.63, 3.8) is 0 Å². The molecule has 1 aromatic rings. The van der Waals surface area contributed by atoms with Crippen LogP contribution in [0.4, 0.5) is 0 Å². The fraction of sp³-hybridized carbons (Fsp3) is 0.500. The molecule has 2 N–H and O–H groups in total. The molecule has 0 fully saturated rings. The first-order valence-electron chi connectivity index (χ1n) is 5.21. The predicted molar refractivity (Wildman–Crippen MR) is 59.1 cm³/mol. The Kier molecular flexibility index (Phi) is 2.35. The molecule has 0 spiro atoms. The van der Waals surface area contributed by atoms with Crippen LogP contribution in [-0.4, -0.2) is 11.8 Å². The zero-order chi connectivity index (χ0) is 11.1. The van der Waals surface area contributed by atoms with E-state index in [4.69, 9.17) is 15.2 Å². The summed E-state index contributed by atoms with van der Waals surface area (Å²) in [4.78, 5) is 0. The van der Waals surface area contributed by atoms with Gasteiger partial charge in [-0.25, -0.2) is 0 Å². The van der Waals surface area contributed by atoms with Gasteiger partial charge in [0.15, 0.2) is 11.5 Å². The molecule has 1 aromatic carbocycles. The first-order chi connectivity index (χ1) is 6.98. The van der Waals surface area contributed by atoms with Crippen LogP contribution in [0.2, 0.25) is 0 Å². The minimum absolute atomic E-state index is 0.139. The quantitative estimate of drug-likeness (QED) is 0.755. The second kappa shape index (κ2) is 3.42. The van der Waals surface area contributed by atoms with Gasteiger partial charge in [-0.15, -0.1) is 0 Å². The highest BCUT2D eigenvalue weighted by Gasteiger charge is 2.32. The van der Waals surface area contributed by atoms with Gasteiger partial charge >= 0.3 is 0 Å². The molecule has 1 heterocycles. The maximum Gasteiger partial charge on any atom is 0.165 e. The normalized spacial score (nSPS) is 19.2. The molecular formula is C12H17NO2. The Morgan fingerprint density at radius 2 is 2.20 bits per heavy atom. The molecule has 3 nitrogen and oxygen atoms in total. The van der Waals surface area contributed by atoms with E-state index in [0.29, 0.717) is 0 Å². The molecule has 0 saturated carbocycles. The zero-order valence-corrected chi connectivity index (χ0v) is 9.41. The van der Waals surface area contributed by atoms with E-state index in [9.17, 15) is 0 Å². The molecule has 0 amide bonds. The van der Waals surface area contributed by atoms with Crippen molar-refractivity contribution in [3.8, 4) is 11.5 Å². The summed E-state index contributed by atoms with van der Waals surface area (Å²) >= 11 is 0. The number of ether oxygens (including phenoxy) is 2. The van der Waals surface area contributed by atoms with Gasteiger partial charge in [-0.2, -0.15) is 0 Å². The monoisotopic (exact) mass is 207 g/mol. The lowest BCUT2D eigenvalue weighted by Crippen LogP contribution is -2.25. The number of hydrogen-bond acceptors (Lipinski definition) is 3. The number of benzene rings is 1. The molecule has 0 bridgehead atoms. The summed E-state index contributed by atoms with van der Waals surface area (Å²) < 4.78 is 11.3. The summed E-state index contributed by atoms with van der Waals surface area (Å²) in [7, 11) is 0. The molecule has 3 heteroatoms. The fourth-order valence-electron chi connectivity index (χ4n) is 1.88. The Bertz CT molecular complexity index is 372. The van der Waals surface area contributed by atoms with Crippen molar-refractivity contribution in [2.24, 2.45) is 5.73 Å². The van der Waals surface area contributed by atoms with Gasteiger partial charge in [0, 0.05) is 12.0 Å². The first-order valence-corrected chi connectivity index (χ1v) is 5.21. The van der Waals surface area contributed by atoms with E-state index in [0.717, 1.165) is 17.9 Å². The van der Waals surface area contributed by atoms with Crippen LogP contribution in [0.1, 0.15) is 26.3 Å². The molecule has 0 aliphatic carbocycles. The molecule has 82 valence electrons. The molecule has 0 radical (unpaired) electrons. The van der Waals surface area contributed by atoms with Gasteiger partial charge in [0.2, 0.25) is 0 Å². The van der Waals surface area contributed by atoms with Crippen LogP contribution in [-0.2, 0) is 6.42 Å². The molecule has 1 atom stereocenters. The van der Waals surface area contributed by atoms with Crippen molar-refractivity contribution in [3.05, 3.63) is 23.8 Å². The van der Waals surface area contributed by atoms with E-state index >= 15 is 0 Å². The molecule has 1 unspecified atom stereocenters. The Labute approximate surface area is 90.2 Å².